The van der Waals surface area contributed by atoms with Crippen molar-refractivity contribution in [2.24, 2.45) is 5.92 Å². The molecule has 1 aromatic carbocycles. The second-order valence-electron chi connectivity index (χ2n) is 5.34. The highest BCUT2D eigenvalue weighted by Gasteiger charge is 2.21. The lowest BCUT2D eigenvalue weighted by atomic mass is 10.0. The Morgan fingerprint density at radius 2 is 2.05 bits per heavy atom. The Bertz CT molecular complexity index is 466. The van der Waals surface area contributed by atoms with Crippen molar-refractivity contribution >= 4 is 5.69 Å². The molecule has 5 nitrogen and oxygen atoms in total. The van der Waals surface area contributed by atoms with Crippen molar-refractivity contribution in [3.63, 3.8) is 0 Å². The Kier molecular flexibility index (Phi) is 6.04. The standard InChI is InChI=1S/C14H21FN2O3/c1-9(2)6-7-16-10(3)14(18)11-4-5-12(15)13(8-11)17(19)20/h4-5,8-10,14,16,18H,6-7H2,1-3H3. The van der Waals surface area contributed by atoms with Gasteiger partial charge < -0.3 is 10.4 Å². The van der Waals surface area contributed by atoms with Crippen molar-refractivity contribution in [1.29, 1.82) is 0 Å². The molecule has 0 aliphatic rings. The van der Waals surface area contributed by atoms with Gasteiger partial charge in [0.2, 0.25) is 5.82 Å². The van der Waals surface area contributed by atoms with E-state index in [2.05, 4.69) is 19.2 Å². The quantitative estimate of drug-likeness (QED) is 0.596. The van der Waals surface area contributed by atoms with Crippen LogP contribution < -0.4 is 5.32 Å². The summed E-state index contributed by atoms with van der Waals surface area (Å²) >= 11 is 0. The van der Waals surface area contributed by atoms with Crippen molar-refractivity contribution in [2.75, 3.05) is 6.54 Å². The van der Waals surface area contributed by atoms with Gasteiger partial charge in [0.05, 0.1) is 11.0 Å². The maximum Gasteiger partial charge on any atom is 0.305 e. The highest BCUT2D eigenvalue weighted by Crippen LogP contribution is 2.24. The minimum atomic E-state index is -0.915. The average Bonchev–Trinajstić information content (AvgIpc) is 2.37. The number of benzene rings is 1. The van der Waals surface area contributed by atoms with Crippen LogP contribution in [0.5, 0.6) is 0 Å². The summed E-state index contributed by atoms with van der Waals surface area (Å²) < 4.78 is 13.2. The number of nitro groups is 1. The van der Waals surface area contributed by atoms with Crippen LogP contribution in [0.4, 0.5) is 10.1 Å². The lowest BCUT2D eigenvalue weighted by Crippen LogP contribution is -2.33. The molecule has 0 aliphatic carbocycles. The largest absolute Gasteiger partial charge is 0.387 e. The van der Waals surface area contributed by atoms with E-state index in [1.54, 1.807) is 6.92 Å². The molecule has 112 valence electrons. The first-order valence-electron chi connectivity index (χ1n) is 6.68. The average molecular weight is 284 g/mol. The van der Waals surface area contributed by atoms with Gasteiger partial charge in [-0.2, -0.15) is 4.39 Å². The molecule has 2 atom stereocenters. The topological polar surface area (TPSA) is 75.4 Å². The van der Waals surface area contributed by atoms with Crippen LogP contribution >= 0.6 is 0 Å². The third-order valence-electron chi connectivity index (χ3n) is 3.17. The fourth-order valence-corrected chi connectivity index (χ4v) is 1.85. The fraction of sp³-hybridized carbons (Fsp3) is 0.571. The number of nitrogens with one attached hydrogen (secondary N) is 1. The summed E-state index contributed by atoms with van der Waals surface area (Å²) in [5, 5.41) is 24.0. The number of rotatable bonds is 7. The summed E-state index contributed by atoms with van der Waals surface area (Å²) in [5.74, 6) is -0.342. The minimum absolute atomic E-state index is 0.265. The van der Waals surface area contributed by atoms with E-state index in [1.165, 1.54) is 6.07 Å². The SMILES string of the molecule is CC(C)CCNC(C)C(O)c1ccc(F)c([N+](=O)[O-])c1. The van der Waals surface area contributed by atoms with Crippen molar-refractivity contribution in [2.45, 2.75) is 39.3 Å². The number of aliphatic hydroxyl groups is 1. The molecule has 0 aliphatic heterocycles. The Morgan fingerprint density at radius 1 is 1.40 bits per heavy atom. The molecule has 1 aromatic rings. The van der Waals surface area contributed by atoms with Gasteiger partial charge in [0.25, 0.3) is 0 Å². The first kappa shape index (κ1) is 16.5. The van der Waals surface area contributed by atoms with Crippen LogP contribution in [0.3, 0.4) is 0 Å². The van der Waals surface area contributed by atoms with Crippen LogP contribution in [0.1, 0.15) is 38.9 Å². The van der Waals surface area contributed by atoms with Gasteiger partial charge in [-0.25, -0.2) is 0 Å². The molecule has 6 heteroatoms. The summed E-state index contributed by atoms with van der Waals surface area (Å²) in [7, 11) is 0. The molecule has 0 spiro atoms. The molecule has 20 heavy (non-hydrogen) atoms. The highest BCUT2D eigenvalue weighted by atomic mass is 19.1. The molecule has 0 saturated heterocycles. The zero-order valence-corrected chi connectivity index (χ0v) is 12.0. The molecule has 0 bridgehead atoms. The van der Waals surface area contributed by atoms with Gasteiger partial charge in [0, 0.05) is 12.1 Å². The predicted molar refractivity (Wildman–Crippen MR) is 74.9 cm³/mol. The number of aliphatic hydroxyl groups excluding tert-OH is 1. The van der Waals surface area contributed by atoms with E-state index in [0.29, 0.717) is 11.5 Å². The van der Waals surface area contributed by atoms with Crippen molar-refractivity contribution in [1.82, 2.24) is 5.32 Å². The van der Waals surface area contributed by atoms with E-state index >= 15 is 0 Å². The van der Waals surface area contributed by atoms with Gasteiger partial charge in [0.15, 0.2) is 0 Å². The van der Waals surface area contributed by atoms with E-state index in [1.807, 2.05) is 0 Å². The zero-order valence-electron chi connectivity index (χ0n) is 12.0. The van der Waals surface area contributed by atoms with Crippen LogP contribution in [0, 0.1) is 21.8 Å². The van der Waals surface area contributed by atoms with Crippen molar-refractivity contribution in [3.8, 4) is 0 Å². The maximum atomic E-state index is 13.2. The molecule has 0 heterocycles. The Morgan fingerprint density at radius 3 is 2.60 bits per heavy atom. The highest BCUT2D eigenvalue weighted by molar-refractivity contribution is 5.37. The zero-order chi connectivity index (χ0) is 15.3. The van der Waals surface area contributed by atoms with Gasteiger partial charge in [0.1, 0.15) is 0 Å². The third kappa shape index (κ3) is 4.54. The maximum absolute atomic E-state index is 13.2. The van der Waals surface area contributed by atoms with E-state index in [4.69, 9.17) is 0 Å². The number of halogens is 1. The molecule has 0 radical (unpaired) electrons. The second-order valence-corrected chi connectivity index (χ2v) is 5.34. The van der Waals surface area contributed by atoms with E-state index in [9.17, 15) is 19.6 Å². The lowest BCUT2D eigenvalue weighted by molar-refractivity contribution is -0.387. The summed E-state index contributed by atoms with van der Waals surface area (Å²) in [6.45, 7) is 6.75. The predicted octanol–water partition coefficient (Wildman–Crippen LogP) is 2.79. The van der Waals surface area contributed by atoms with Gasteiger partial charge in [-0.15, -0.1) is 0 Å². The van der Waals surface area contributed by atoms with Crippen LogP contribution in [0.15, 0.2) is 18.2 Å². The first-order valence-corrected chi connectivity index (χ1v) is 6.68. The number of nitro benzene ring substituents is 1. The molecular formula is C14H21FN2O3. The van der Waals surface area contributed by atoms with Gasteiger partial charge >= 0.3 is 5.69 Å². The summed E-state index contributed by atoms with van der Waals surface area (Å²) in [4.78, 5) is 9.89. The van der Waals surface area contributed by atoms with E-state index in [0.717, 1.165) is 25.1 Å². The van der Waals surface area contributed by atoms with E-state index < -0.39 is 22.5 Å². The first-order chi connectivity index (χ1) is 9.32. The van der Waals surface area contributed by atoms with Crippen LogP contribution in [0.2, 0.25) is 0 Å². The Balaban J connectivity index is 2.73. The third-order valence-corrected chi connectivity index (χ3v) is 3.17. The molecule has 0 saturated carbocycles. The van der Waals surface area contributed by atoms with Crippen molar-refractivity contribution in [3.05, 3.63) is 39.7 Å². The summed E-state index contributed by atoms with van der Waals surface area (Å²) in [6, 6.07) is 3.20. The molecule has 1 rings (SSSR count). The van der Waals surface area contributed by atoms with Gasteiger partial charge in [-0.3, -0.25) is 10.1 Å². The molecule has 2 unspecified atom stereocenters. The lowest BCUT2D eigenvalue weighted by Gasteiger charge is -2.21. The van der Waals surface area contributed by atoms with Gasteiger partial charge in [-0.05, 0) is 37.4 Å². The molecule has 2 N–H and O–H groups in total. The van der Waals surface area contributed by atoms with Crippen LogP contribution in [-0.2, 0) is 0 Å². The Hall–Kier alpha value is -1.53. The van der Waals surface area contributed by atoms with Crippen LogP contribution in [0.25, 0.3) is 0 Å². The molecule has 0 fully saturated rings. The number of hydrogen-bond acceptors (Lipinski definition) is 4. The second kappa shape index (κ2) is 7.31. The van der Waals surface area contributed by atoms with Gasteiger partial charge in [-0.1, -0.05) is 19.9 Å². The minimum Gasteiger partial charge on any atom is -0.387 e. The molecular weight excluding hydrogens is 263 g/mol. The normalized spacial score (nSPS) is 14.3. The molecule has 0 amide bonds. The van der Waals surface area contributed by atoms with Crippen LogP contribution in [-0.4, -0.2) is 22.6 Å². The Labute approximate surface area is 118 Å². The van der Waals surface area contributed by atoms with Crippen molar-refractivity contribution < 1.29 is 14.4 Å². The number of hydrogen-bond donors (Lipinski definition) is 2. The smallest absolute Gasteiger partial charge is 0.305 e. The van der Waals surface area contributed by atoms with E-state index in [-0.39, 0.29) is 6.04 Å². The number of nitrogens with zero attached hydrogens (tertiary/aromatic N) is 1. The molecule has 0 aromatic heterocycles. The fourth-order valence-electron chi connectivity index (χ4n) is 1.85. The monoisotopic (exact) mass is 284 g/mol. The summed E-state index contributed by atoms with van der Waals surface area (Å²) in [6.07, 6.45) is 0.0575. The summed E-state index contributed by atoms with van der Waals surface area (Å²) in [5.41, 5.74) is -0.279.